The Morgan fingerprint density at radius 1 is 1.24 bits per heavy atom. The van der Waals surface area contributed by atoms with Gasteiger partial charge >= 0.3 is 0 Å². The van der Waals surface area contributed by atoms with Gasteiger partial charge < -0.3 is 5.32 Å². The zero-order valence-electron chi connectivity index (χ0n) is 11.4. The highest BCUT2D eigenvalue weighted by Gasteiger charge is 2.18. The number of aromatic nitrogens is 2. The van der Waals surface area contributed by atoms with Gasteiger partial charge in [0, 0.05) is 11.0 Å². The minimum absolute atomic E-state index is 0.173. The Kier molecular flexibility index (Phi) is 5.27. The third-order valence-corrected chi connectivity index (χ3v) is 5.04. The average molecular weight is 371 g/mol. The van der Waals surface area contributed by atoms with E-state index in [2.05, 4.69) is 35.9 Å². The van der Waals surface area contributed by atoms with Crippen molar-refractivity contribution < 1.29 is 8.42 Å². The van der Waals surface area contributed by atoms with E-state index in [4.69, 9.17) is 0 Å². The van der Waals surface area contributed by atoms with E-state index in [1.54, 1.807) is 18.2 Å². The van der Waals surface area contributed by atoms with Crippen LogP contribution in [0.1, 0.15) is 12.5 Å². The molecule has 0 spiro atoms. The molecule has 0 radical (unpaired) electrons. The summed E-state index contributed by atoms with van der Waals surface area (Å²) in [6, 6.07) is 5.14. The zero-order valence-corrected chi connectivity index (χ0v) is 13.8. The van der Waals surface area contributed by atoms with Gasteiger partial charge in [-0.05, 0) is 40.2 Å². The lowest BCUT2D eigenvalue weighted by Crippen LogP contribution is -2.15. The summed E-state index contributed by atoms with van der Waals surface area (Å²) in [5, 5.41) is 3.19. The van der Waals surface area contributed by atoms with Crippen LogP contribution < -0.4 is 10.0 Å². The van der Waals surface area contributed by atoms with Crippen LogP contribution in [0.5, 0.6) is 0 Å². The van der Waals surface area contributed by atoms with Crippen molar-refractivity contribution in [2.24, 2.45) is 0 Å². The third-order valence-electron chi connectivity index (χ3n) is 2.68. The van der Waals surface area contributed by atoms with Crippen molar-refractivity contribution in [3.8, 4) is 0 Å². The van der Waals surface area contributed by atoms with Crippen molar-refractivity contribution in [1.29, 1.82) is 0 Å². The predicted octanol–water partition coefficient (Wildman–Crippen LogP) is 2.15. The molecule has 8 heteroatoms. The Hall–Kier alpha value is -1.51. The molecule has 0 atom stereocenters. The Labute approximate surface area is 132 Å². The lowest BCUT2D eigenvalue weighted by Gasteiger charge is -2.10. The largest absolute Gasteiger partial charge is 0.313 e. The van der Waals surface area contributed by atoms with Crippen LogP contribution in [0.15, 0.2) is 46.3 Å². The first kappa shape index (κ1) is 15.9. The van der Waals surface area contributed by atoms with Gasteiger partial charge in [0.1, 0.15) is 11.2 Å². The molecule has 0 unspecified atom stereocenters. The van der Waals surface area contributed by atoms with Gasteiger partial charge in [-0.2, -0.15) is 0 Å². The van der Waals surface area contributed by atoms with Crippen LogP contribution in [-0.4, -0.2) is 24.9 Å². The first-order chi connectivity index (χ1) is 10.0. The highest BCUT2D eigenvalue weighted by molar-refractivity contribution is 9.10. The van der Waals surface area contributed by atoms with Crippen molar-refractivity contribution in [3.63, 3.8) is 0 Å². The molecule has 112 valence electrons. The Morgan fingerprint density at radius 3 is 2.57 bits per heavy atom. The molecule has 2 N–H and O–H groups in total. The summed E-state index contributed by atoms with van der Waals surface area (Å²) in [7, 11) is -3.68. The first-order valence-electron chi connectivity index (χ1n) is 6.30. The molecule has 0 saturated carbocycles. The summed E-state index contributed by atoms with van der Waals surface area (Å²) < 4.78 is 27.6. The number of hydrogen-bond donors (Lipinski definition) is 2. The summed E-state index contributed by atoms with van der Waals surface area (Å²) in [6.45, 7) is 3.56. The molecule has 2 aromatic rings. The molecule has 1 heterocycles. The highest BCUT2D eigenvalue weighted by Crippen LogP contribution is 2.25. The minimum Gasteiger partial charge on any atom is -0.313 e. The van der Waals surface area contributed by atoms with Crippen molar-refractivity contribution in [2.75, 3.05) is 11.3 Å². The molecule has 1 aromatic carbocycles. The standard InChI is InChI=1S/C13H15BrN4O2S/c1-2-15-6-10-3-4-13(12(14)5-10)21(19,20)18-11-7-16-9-17-8-11/h3-5,7-9,15,18H,2,6H2,1H3. The molecule has 1 aromatic heterocycles. The molecule has 2 rings (SSSR count). The number of sulfonamides is 1. The van der Waals surface area contributed by atoms with Crippen molar-refractivity contribution in [3.05, 3.63) is 47.0 Å². The fourth-order valence-corrected chi connectivity index (χ4v) is 3.86. The molecular weight excluding hydrogens is 356 g/mol. The number of halogens is 1. The van der Waals surface area contributed by atoms with Gasteiger partial charge in [-0.1, -0.05) is 13.0 Å². The van der Waals surface area contributed by atoms with Crippen LogP contribution in [0.4, 0.5) is 5.69 Å². The quantitative estimate of drug-likeness (QED) is 0.813. The zero-order chi connectivity index (χ0) is 15.3. The SMILES string of the molecule is CCNCc1ccc(S(=O)(=O)Nc2cncnc2)c(Br)c1. The van der Waals surface area contributed by atoms with Crippen molar-refractivity contribution in [2.45, 2.75) is 18.4 Å². The number of anilines is 1. The molecule has 0 saturated heterocycles. The average Bonchev–Trinajstić information content (AvgIpc) is 2.45. The first-order valence-corrected chi connectivity index (χ1v) is 8.57. The topological polar surface area (TPSA) is 84.0 Å². The van der Waals surface area contributed by atoms with Gasteiger partial charge in [0.25, 0.3) is 10.0 Å². The van der Waals surface area contributed by atoms with E-state index in [0.717, 1.165) is 12.1 Å². The van der Waals surface area contributed by atoms with E-state index in [9.17, 15) is 8.42 Å². The molecule has 0 aliphatic heterocycles. The second kappa shape index (κ2) is 6.97. The smallest absolute Gasteiger partial charge is 0.263 e. The Morgan fingerprint density at radius 2 is 1.95 bits per heavy atom. The Balaban J connectivity index is 2.24. The van der Waals surface area contributed by atoms with Gasteiger partial charge in [0.05, 0.1) is 18.1 Å². The fourth-order valence-electron chi connectivity index (χ4n) is 1.70. The number of hydrogen-bond acceptors (Lipinski definition) is 5. The summed E-state index contributed by atoms with van der Waals surface area (Å²) >= 11 is 3.31. The third kappa shape index (κ3) is 4.23. The van der Waals surface area contributed by atoms with Crippen LogP contribution in [0.2, 0.25) is 0 Å². The number of nitrogens with one attached hydrogen (secondary N) is 2. The lowest BCUT2D eigenvalue weighted by molar-refractivity contribution is 0.600. The number of benzene rings is 1. The second-order valence-electron chi connectivity index (χ2n) is 4.28. The normalized spacial score (nSPS) is 11.3. The Bertz CT molecular complexity index is 707. The molecule has 0 aliphatic rings. The van der Waals surface area contributed by atoms with Gasteiger partial charge in [-0.3, -0.25) is 4.72 Å². The van der Waals surface area contributed by atoms with E-state index in [0.29, 0.717) is 16.7 Å². The van der Waals surface area contributed by atoms with Crippen LogP contribution in [-0.2, 0) is 16.6 Å². The van der Waals surface area contributed by atoms with Crippen LogP contribution >= 0.6 is 15.9 Å². The van der Waals surface area contributed by atoms with E-state index < -0.39 is 10.0 Å². The van der Waals surface area contributed by atoms with Gasteiger partial charge in [0.15, 0.2) is 0 Å². The van der Waals surface area contributed by atoms with E-state index >= 15 is 0 Å². The summed E-state index contributed by atoms with van der Waals surface area (Å²) in [4.78, 5) is 7.72. The van der Waals surface area contributed by atoms with Crippen LogP contribution in [0, 0.1) is 0 Å². The summed E-state index contributed by atoms with van der Waals surface area (Å²) in [5.74, 6) is 0. The number of rotatable bonds is 6. The maximum absolute atomic E-state index is 12.3. The molecular formula is C13H15BrN4O2S. The summed E-state index contributed by atoms with van der Waals surface area (Å²) in [6.07, 6.45) is 4.14. The predicted molar refractivity (Wildman–Crippen MR) is 84.4 cm³/mol. The molecule has 0 fully saturated rings. The van der Waals surface area contributed by atoms with E-state index in [1.807, 2.05) is 6.92 Å². The maximum atomic E-state index is 12.3. The second-order valence-corrected chi connectivity index (χ2v) is 6.78. The molecule has 6 nitrogen and oxygen atoms in total. The van der Waals surface area contributed by atoms with Gasteiger partial charge in [-0.25, -0.2) is 18.4 Å². The summed E-state index contributed by atoms with van der Waals surface area (Å²) in [5.41, 5.74) is 1.33. The van der Waals surface area contributed by atoms with E-state index in [-0.39, 0.29) is 4.90 Å². The van der Waals surface area contributed by atoms with Crippen LogP contribution in [0.25, 0.3) is 0 Å². The lowest BCUT2D eigenvalue weighted by atomic mass is 10.2. The minimum atomic E-state index is -3.68. The number of nitrogens with zero attached hydrogens (tertiary/aromatic N) is 2. The fraction of sp³-hybridized carbons (Fsp3) is 0.231. The molecule has 0 aliphatic carbocycles. The molecule has 0 bridgehead atoms. The van der Waals surface area contributed by atoms with Gasteiger partial charge in [0.2, 0.25) is 0 Å². The monoisotopic (exact) mass is 370 g/mol. The highest BCUT2D eigenvalue weighted by atomic mass is 79.9. The van der Waals surface area contributed by atoms with E-state index in [1.165, 1.54) is 18.7 Å². The molecule has 21 heavy (non-hydrogen) atoms. The molecule has 0 amide bonds. The van der Waals surface area contributed by atoms with Crippen molar-refractivity contribution >= 4 is 31.6 Å². The van der Waals surface area contributed by atoms with Gasteiger partial charge in [-0.15, -0.1) is 0 Å². The van der Waals surface area contributed by atoms with Crippen molar-refractivity contribution in [1.82, 2.24) is 15.3 Å². The van der Waals surface area contributed by atoms with Crippen LogP contribution in [0.3, 0.4) is 0 Å². The maximum Gasteiger partial charge on any atom is 0.263 e.